The molecule has 0 aliphatic heterocycles. The third-order valence-corrected chi connectivity index (χ3v) is 4.33. The molecule has 0 aromatic heterocycles. The molecule has 8 heteroatoms. The van der Waals surface area contributed by atoms with Crippen molar-refractivity contribution in [2.75, 3.05) is 30.8 Å². The van der Waals surface area contributed by atoms with Gasteiger partial charge >= 0.3 is 0 Å². The standard InChI is InChI=1S/C21H24F3N3O2/c1-12(2)14-7-5-6-13(3)21(14)26-18(29)11-27(4)10-17(28)25-16-9-8-15(22)19(23)20(16)24/h5-9,12H,10-11H2,1-4H3,(H,25,28)(H,26,29). The summed E-state index contributed by atoms with van der Waals surface area (Å²) < 4.78 is 39.8. The van der Waals surface area contributed by atoms with Crippen LogP contribution in [0.4, 0.5) is 24.5 Å². The highest BCUT2D eigenvalue weighted by molar-refractivity contribution is 5.95. The molecule has 0 unspecified atom stereocenters. The fourth-order valence-electron chi connectivity index (χ4n) is 2.88. The number of nitrogens with one attached hydrogen (secondary N) is 2. The monoisotopic (exact) mass is 407 g/mol. The van der Waals surface area contributed by atoms with Crippen molar-refractivity contribution in [3.8, 4) is 0 Å². The zero-order valence-corrected chi connectivity index (χ0v) is 16.8. The third kappa shape index (κ3) is 5.80. The van der Waals surface area contributed by atoms with E-state index < -0.39 is 29.0 Å². The molecule has 0 fully saturated rings. The molecule has 5 nitrogen and oxygen atoms in total. The minimum absolute atomic E-state index is 0.0838. The second kappa shape index (κ2) is 9.56. The van der Waals surface area contributed by atoms with Crippen LogP contribution in [0.1, 0.15) is 30.9 Å². The van der Waals surface area contributed by atoms with Gasteiger partial charge in [-0.25, -0.2) is 13.2 Å². The van der Waals surface area contributed by atoms with Gasteiger partial charge in [0.2, 0.25) is 11.8 Å². The number of benzene rings is 2. The van der Waals surface area contributed by atoms with Crippen LogP contribution in [0.2, 0.25) is 0 Å². The van der Waals surface area contributed by atoms with Gasteiger partial charge in [0.1, 0.15) is 0 Å². The summed E-state index contributed by atoms with van der Waals surface area (Å²) in [6, 6.07) is 7.42. The van der Waals surface area contributed by atoms with Crippen molar-refractivity contribution in [2.24, 2.45) is 0 Å². The molecule has 29 heavy (non-hydrogen) atoms. The first-order valence-electron chi connectivity index (χ1n) is 9.11. The van der Waals surface area contributed by atoms with Gasteiger partial charge in [0.15, 0.2) is 17.5 Å². The fourth-order valence-corrected chi connectivity index (χ4v) is 2.88. The van der Waals surface area contributed by atoms with Gasteiger partial charge < -0.3 is 10.6 Å². The number of carbonyl (C=O) groups excluding carboxylic acids is 2. The Kier molecular flexibility index (Phi) is 7.39. The van der Waals surface area contributed by atoms with Crippen molar-refractivity contribution in [3.63, 3.8) is 0 Å². The summed E-state index contributed by atoms with van der Waals surface area (Å²) in [5.41, 5.74) is 2.22. The number of nitrogens with zero attached hydrogens (tertiary/aromatic N) is 1. The number of rotatable bonds is 7. The average molecular weight is 407 g/mol. The van der Waals surface area contributed by atoms with Crippen molar-refractivity contribution in [1.82, 2.24) is 4.90 Å². The molecular formula is C21H24F3N3O2. The molecule has 2 aromatic rings. The van der Waals surface area contributed by atoms with Gasteiger partial charge in [-0.05, 0) is 43.1 Å². The molecule has 0 radical (unpaired) electrons. The van der Waals surface area contributed by atoms with Crippen molar-refractivity contribution in [2.45, 2.75) is 26.7 Å². The number of likely N-dealkylation sites (N-methyl/N-ethyl adjacent to an activating group) is 1. The Hall–Kier alpha value is -2.87. The van der Waals surface area contributed by atoms with E-state index in [9.17, 15) is 22.8 Å². The van der Waals surface area contributed by atoms with Gasteiger partial charge in [-0.2, -0.15) is 0 Å². The lowest BCUT2D eigenvalue weighted by Gasteiger charge is -2.19. The minimum Gasteiger partial charge on any atom is -0.324 e. The van der Waals surface area contributed by atoms with Crippen LogP contribution >= 0.6 is 0 Å². The quantitative estimate of drug-likeness (QED) is 0.681. The van der Waals surface area contributed by atoms with Gasteiger partial charge in [0.05, 0.1) is 18.8 Å². The molecule has 0 spiro atoms. The predicted molar refractivity (Wildman–Crippen MR) is 106 cm³/mol. The third-order valence-electron chi connectivity index (χ3n) is 4.33. The highest BCUT2D eigenvalue weighted by Gasteiger charge is 2.18. The highest BCUT2D eigenvalue weighted by atomic mass is 19.2. The molecule has 2 aromatic carbocycles. The number of halogens is 3. The molecule has 2 N–H and O–H groups in total. The number of carbonyl (C=O) groups is 2. The first kappa shape index (κ1) is 22.4. The molecule has 0 heterocycles. The highest BCUT2D eigenvalue weighted by Crippen LogP contribution is 2.27. The molecule has 0 aliphatic carbocycles. The number of hydrogen-bond acceptors (Lipinski definition) is 3. The van der Waals surface area contributed by atoms with Crippen molar-refractivity contribution in [1.29, 1.82) is 0 Å². The van der Waals surface area contributed by atoms with Crippen LogP contribution < -0.4 is 10.6 Å². The van der Waals surface area contributed by atoms with E-state index in [0.717, 1.165) is 28.9 Å². The van der Waals surface area contributed by atoms with E-state index in [4.69, 9.17) is 0 Å². The number of hydrogen-bond donors (Lipinski definition) is 2. The van der Waals surface area contributed by atoms with E-state index in [-0.39, 0.29) is 24.9 Å². The largest absolute Gasteiger partial charge is 0.324 e. The summed E-state index contributed by atoms with van der Waals surface area (Å²) in [4.78, 5) is 25.9. The van der Waals surface area contributed by atoms with Crippen LogP contribution in [0, 0.1) is 24.4 Å². The van der Waals surface area contributed by atoms with E-state index in [1.807, 2.05) is 39.0 Å². The summed E-state index contributed by atoms with van der Waals surface area (Å²) in [7, 11) is 1.54. The maximum atomic E-state index is 13.6. The fraction of sp³-hybridized carbons (Fsp3) is 0.333. The molecule has 0 saturated carbocycles. The predicted octanol–water partition coefficient (Wildman–Crippen LogP) is 4.04. The number of anilines is 2. The number of amides is 2. The van der Waals surface area contributed by atoms with E-state index in [1.54, 1.807) is 7.05 Å². The Balaban J connectivity index is 1.96. The summed E-state index contributed by atoms with van der Waals surface area (Å²) in [6.07, 6.45) is 0. The Morgan fingerprint density at radius 2 is 1.59 bits per heavy atom. The zero-order valence-electron chi connectivity index (χ0n) is 16.8. The smallest absolute Gasteiger partial charge is 0.238 e. The van der Waals surface area contributed by atoms with Gasteiger partial charge in [-0.3, -0.25) is 14.5 Å². The molecule has 156 valence electrons. The van der Waals surface area contributed by atoms with Crippen LogP contribution in [-0.4, -0.2) is 36.9 Å². The van der Waals surface area contributed by atoms with Crippen molar-refractivity contribution < 1.29 is 22.8 Å². The maximum absolute atomic E-state index is 13.6. The molecule has 0 saturated heterocycles. The van der Waals surface area contributed by atoms with Crippen molar-refractivity contribution >= 4 is 23.2 Å². The van der Waals surface area contributed by atoms with E-state index in [0.29, 0.717) is 0 Å². The van der Waals surface area contributed by atoms with Gasteiger partial charge in [0.25, 0.3) is 0 Å². The number of aryl methyl sites for hydroxylation is 1. The molecule has 0 atom stereocenters. The van der Waals surface area contributed by atoms with E-state index in [2.05, 4.69) is 10.6 Å². The minimum atomic E-state index is -1.66. The molecule has 0 bridgehead atoms. The second-order valence-corrected chi connectivity index (χ2v) is 7.19. The SMILES string of the molecule is Cc1cccc(C(C)C)c1NC(=O)CN(C)CC(=O)Nc1ccc(F)c(F)c1F. The van der Waals surface area contributed by atoms with Crippen LogP contribution in [0.3, 0.4) is 0 Å². The normalized spacial score (nSPS) is 11.1. The molecule has 0 aliphatic rings. The lowest BCUT2D eigenvalue weighted by Crippen LogP contribution is -2.36. The summed E-state index contributed by atoms with van der Waals surface area (Å²) >= 11 is 0. The first-order chi connectivity index (χ1) is 13.6. The van der Waals surface area contributed by atoms with Crippen molar-refractivity contribution in [3.05, 3.63) is 58.9 Å². The topological polar surface area (TPSA) is 61.4 Å². The van der Waals surface area contributed by atoms with Crippen LogP contribution in [0.15, 0.2) is 30.3 Å². The Morgan fingerprint density at radius 1 is 0.966 bits per heavy atom. The summed E-state index contributed by atoms with van der Waals surface area (Å²) in [6.45, 7) is 5.63. The Labute approximate surface area is 167 Å². The Bertz CT molecular complexity index is 916. The van der Waals surface area contributed by atoms with Gasteiger partial charge in [0, 0.05) is 5.69 Å². The van der Waals surface area contributed by atoms with Crippen LogP contribution in [0.5, 0.6) is 0 Å². The summed E-state index contributed by atoms with van der Waals surface area (Å²) in [5.74, 6) is -5.22. The van der Waals surface area contributed by atoms with Crippen LogP contribution in [0.25, 0.3) is 0 Å². The maximum Gasteiger partial charge on any atom is 0.238 e. The first-order valence-corrected chi connectivity index (χ1v) is 9.11. The zero-order chi connectivity index (χ0) is 21.7. The van der Waals surface area contributed by atoms with Gasteiger partial charge in [-0.1, -0.05) is 32.0 Å². The molecular weight excluding hydrogens is 383 g/mol. The average Bonchev–Trinajstić information content (AvgIpc) is 2.63. The number of para-hydroxylation sites is 1. The van der Waals surface area contributed by atoms with E-state index in [1.165, 1.54) is 4.90 Å². The second-order valence-electron chi connectivity index (χ2n) is 7.19. The lowest BCUT2D eigenvalue weighted by molar-refractivity contribution is -0.119. The Morgan fingerprint density at radius 3 is 2.21 bits per heavy atom. The van der Waals surface area contributed by atoms with Gasteiger partial charge in [-0.15, -0.1) is 0 Å². The lowest BCUT2D eigenvalue weighted by atomic mass is 9.98. The van der Waals surface area contributed by atoms with E-state index >= 15 is 0 Å². The summed E-state index contributed by atoms with van der Waals surface area (Å²) in [5, 5.41) is 5.04. The molecule has 2 amide bonds. The van der Waals surface area contributed by atoms with Crippen LogP contribution in [-0.2, 0) is 9.59 Å². The molecule has 2 rings (SSSR count).